The number of aromatic nitrogens is 2. The van der Waals surface area contributed by atoms with Crippen molar-refractivity contribution in [3.63, 3.8) is 0 Å². The van der Waals surface area contributed by atoms with Crippen molar-refractivity contribution in [2.24, 2.45) is 5.92 Å². The number of ether oxygens (including phenoxy) is 4. The van der Waals surface area contributed by atoms with Crippen LogP contribution in [0.4, 0.5) is 9.93 Å². The summed E-state index contributed by atoms with van der Waals surface area (Å²) in [7, 11) is 2.92. The lowest BCUT2D eigenvalue weighted by Gasteiger charge is -2.29. The molecule has 8 rings (SSSR count). The number of hydrogen-bond donors (Lipinski definition) is 3. The summed E-state index contributed by atoms with van der Waals surface area (Å²) in [6.45, 7) is 0.0722. The van der Waals surface area contributed by atoms with Crippen molar-refractivity contribution >= 4 is 51.2 Å². The van der Waals surface area contributed by atoms with Gasteiger partial charge in [-0.05, 0) is 76.3 Å². The number of hydrogen-bond acceptors (Lipinski definition) is 12. The Bertz CT molecular complexity index is 2030. The van der Waals surface area contributed by atoms with Crippen LogP contribution in [0, 0.1) is 5.92 Å². The van der Waals surface area contributed by atoms with Crippen LogP contribution in [0.5, 0.6) is 11.5 Å². The zero-order valence-corrected chi connectivity index (χ0v) is 34.2. The van der Waals surface area contributed by atoms with Gasteiger partial charge in [0, 0.05) is 41.3 Å². The highest BCUT2D eigenvalue weighted by atomic mass is 32.1. The lowest BCUT2D eigenvalue weighted by Crippen LogP contribution is -2.56. The fourth-order valence-electron chi connectivity index (χ4n) is 9.06. The molecule has 0 radical (unpaired) electrons. The molecule has 5 aliphatic rings. The number of thiazole rings is 1. The first-order valence-electron chi connectivity index (χ1n) is 21.0. The molecule has 310 valence electrons. The molecular weight excluding hydrogens is 761 g/mol. The van der Waals surface area contributed by atoms with Crippen molar-refractivity contribution in [3.05, 3.63) is 41.8 Å². The highest BCUT2D eigenvalue weighted by molar-refractivity contribution is 7.14. The van der Waals surface area contributed by atoms with E-state index in [0.717, 1.165) is 68.3 Å². The Morgan fingerprint density at radius 3 is 2.52 bits per heavy atom. The first-order chi connectivity index (χ1) is 28.2. The van der Waals surface area contributed by atoms with Gasteiger partial charge in [0.05, 0.1) is 32.0 Å². The number of pyridine rings is 1. The number of nitrogens with zero attached hydrogens (tertiary/aromatic N) is 3. The van der Waals surface area contributed by atoms with Gasteiger partial charge in [-0.1, -0.05) is 37.8 Å². The number of rotatable bonds is 9. The molecular formula is C43H54N6O8S. The molecule has 4 fully saturated rings. The van der Waals surface area contributed by atoms with Gasteiger partial charge in [-0.25, -0.2) is 19.6 Å². The maximum atomic E-state index is 14.7. The molecule has 3 aliphatic carbocycles. The summed E-state index contributed by atoms with van der Waals surface area (Å²) in [6.07, 6.45) is 15.0. The van der Waals surface area contributed by atoms with Crippen LogP contribution < -0.4 is 25.4 Å². The van der Waals surface area contributed by atoms with Gasteiger partial charge in [-0.15, -0.1) is 11.3 Å². The van der Waals surface area contributed by atoms with Gasteiger partial charge in [0.15, 0.2) is 5.13 Å². The average molecular weight is 815 g/mol. The molecule has 14 nitrogen and oxygen atoms in total. The first kappa shape index (κ1) is 39.9. The molecule has 3 N–H and O–H groups in total. The number of benzene rings is 1. The van der Waals surface area contributed by atoms with Crippen molar-refractivity contribution in [2.45, 2.75) is 132 Å². The number of allylic oxidation sites excluding steroid dienone is 1. The third kappa shape index (κ3) is 8.74. The second-order valence-corrected chi connectivity index (χ2v) is 17.2. The van der Waals surface area contributed by atoms with Gasteiger partial charge < -0.3 is 39.8 Å². The van der Waals surface area contributed by atoms with Crippen LogP contribution in [0.1, 0.15) is 96.3 Å². The molecule has 5 atom stereocenters. The van der Waals surface area contributed by atoms with Crippen LogP contribution >= 0.6 is 11.3 Å². The van der Waals surface area contributed by atoms with E-state index < -0.39 is 47.6 Å². The van der Waals surface area contributed by atoms with Crippen molar-refractivity contribution in [2.75, 3.05) is 26.1 Å². The van der Waals surface area contributed by atoms with Crippen molar-refractivity contribution < 1.29 is 38.1 Å². The van der Waals surface area contributed by atoms with E-state index in [1.807, 2.05) is 41.8 Å². The van der Waals surface area contributed by atoms with Crippen molar-refractivity contribution in [1.82, 2.24) is 25.5 Å². The Labute approximate surface area is 342 Å². The fraction of sp³-hybridized carbons (Fsp3) is 0.581. The second-order valence-electron chi connectivity index (χ2n) is 16.4. The molecule has 4 heterocycles. The number of alkyl carbamates (subject to hydrolysis) is 1. The summed E-state index contributed by atoms with van der Waals surface area (Å²) in [5.74, 6) is -0.446. The number of carbonyl (C=O) groups excluding carboxylic acids is 4. The summed E-state index contributed by atoms with van der Waals surface area (Å²) in [5, 5.41) is 13.0. The number of esters is 1. The van der Waals surface area contributed by atoms with Crippen LogP contribution in [-0.2, 0) is 23.9 Å². The van der Waals surface area contributed by atoms with E-state index in [9.17, 15) is 19.2 Å². The molecule has 0 unspecified atom stereocenters. The Morgan fingerprint density at radius 1 is 0.931 bits per heavy atom. The topological polar surface area (TPSA) is 170 Å². The molecule has 58 heavy (non-hydrogen) atoms. The minimum atomic E-state index is -1.22. The first-order valence-corrected chi connectivity index (χ1v) is 21.8. The van der Waals surface area contributed by atoms with Gasteiger partial charge in [-0.3, -0.25) is 9.59 Å². The van der Waals surface area contributed by atoms with Crippen molar-refractivity contribution in [1.29, 1.82) is 0 Å². The van der Waals surface area contributed by atoms with E-state index in [1.54, 1.807) is 7.11 Å². The molecule has 1 aromatic carbocycles. The van der Waals surface area contributed by atoms with Crippen LogP contribution in [0.25, 0.3) is 22.3 Å². The van der Waals surface area contributed by atoms with Gasteiger partial charge in [0.1, 0.15) is 47.0 Å². The maximum Gasteiger partial charge on any atom is 0.408 e. The third-order valence-corrected chi connectivity index (χ3v) is 13.2. The second kappa shape index (κ2) is 17.5. The smallest absolute Gasteiger partial charge is 0.408 e. The Hall–Kier alpha value is -4.92. The Balaban J connectivity index is 1.09. The van der Waals surface area contributed by atoms with E-state index in [0.29, 0.717) is 53.7 Å². The predicted molar refractivity (Wildman–Crippen MR) is 219 cm³/mol. The quantitative estimate of drug-likeness (QED) is 0.156. The van der Waals surface area contributed by atoms with Crippen LogP contribution in [0.15, 0.2) is 41.8 Å². The summed E-state index contributed by atoms with van der Waals surface area (Å²) < 4.78 is 23.3. The van der Waals surface area contributed by atoms with Gasteiger partial charge >= 0.3 is 12.1 Å². The van der Waals surface area contributed by atoms with E-state index in [-0.39, 0.29) is 25.0 Å². The average Bonchev–Trinajstić information content (AvgIpc) is 3.88. The number of nitrogens with one attached hydrogen (secondary N) is 3. The van der Waals surface area contributed by atoms with Crippen molar-refractivity contribution in [3.8, 4) is 22.9 Å². The SMILES string of the molecule is COC(=O)[C@@]12C[C@@H]1/C=C\CCCCC[C@H](NC(=O)OC1CCCC1)C(=O)N1C[C@H](Oc3cc(-c4csc(NC5CCCC5)n4)nc4cc(OC)ccc34)C[C@H]1C(=O)N2. The molecule has 2 aromatic heterocycles. The number of carbonyl (C=O) groups is 4. The number of fused-ring (bicyclic) bond motifs is 3. The third-order valence-electron chi connectivity index (χ3n) is 12.4. The fourth-order valence-corrected chi connectivity index (χ4v) is 9.85. The molecule has 2 aliphatic heterocycles. The lowest BCUT2D eigenvalue weighted by atomic mass is 10.0. The number of anilines is 1. The minimum Gasteiger partial charge on any atom is -0.497 e. The van der Waals surface area contributed by atoms with Crippen LogP contribution in [-0.4, -0.2) is 95.4 Å². The number of methoxy groups -OCH3 is 2. The Kier molecular flexibility index (Phi) is 12.0. The summed E-state index contributed by atoms with van der Waals surface area (Å²) >= 11 is 1.54. The van der Waals surface area contributed by atoms with Crippen LogP contribution in [0.2, 0.25) is 0 Å². The summed E-state index contributed by atoms with van der Waals surface area (Å²) in [4.78, 5) is 66.8. The van der Waals surface area contributed by atoms with E-state index in [4.69, 9.17) is 28.9 Å². The Morgan fingerprint density at radius 2 is 1.72 bits per heavy atom. The molecule has 0 spiro atoms. The largest absolute Gasteiger partial charge is 0.497 e. The standard InChI is InChI=1S/C43H54N6O8S/c1-54-29-18-19-31-33(20-29)45-34(35-25-58-41(46-35)44-27-13-8-9-14-27)22-37(31)56-30-21-36-38(50)48-43(40(52)55-2)23-26(43)12-6-4-3-5-7-17-32(39(51)49(36)24-30)47-42(53)57-28-15-10-11-16-28/h6,12,18-20,22,25-28,30,32,36H,3-5,7-11,13-17,21,23-24H2,1-2H3,(H,44,46)(H,47,53)(H,48,50)/b12-6-/t26-,30+,32-,36-,43+/m0/s1. The minimum absolute atomic E-state index is 0.0722. The molecule has 1 saturated heterocycles. The summed E-state index contributed by atoms with van der Waals surface area (Å²) in [5.41, 5.74) is 0.747. The van der Waals surface area contributed by atoms with Crippen LogP contribution in [0.3, 0.4) is 0 Å². The summed E-state index contributed by atoms with van der Waals surface area (Å²) in [6, 6.07) is 5.95. The zero-order valence-electron chi connectivity index (χ0n) is 33.3. The maximum absolute atomic E-state index is 14.7. The van der Waals surface area contributed by atoms with Gasteiger partial charge in [0.25, 0.3) is 0 Å². The lowest BCUT2D eigenvalue weighted by molar-refractivity contribution is -0.148. The van der Waals surface area contributed by atoms with Gasteiger partial charge in [-0.2, -0.15) is 0 Å². The monoisotopic (exact) mass is 814 g/mol. The molecule has 3 saturated carbocycles. The van der Waals surface area contributed by atoms with E-state index in [1.165, 1.54) is 36.2 Å². The zero-order chi connectivity index (χ0) is 40.2. The van der Waals surface area contributed by atoms with E-state index >= 15 is 0 Å². The van der Waals surface area contributed by atoms with Gasteiger partial charge in [0.2, 0.25) is 11.8 Å². The predicted octanol–water partition coefficient (Wildman–Crippen LogP) is 6.68. The molecule has 3 aromatic rings. The molecule has 15 heteroatoms. The number of amides is 3. The molecule has 3 amide bonds. The van der Waals surface area contributed by atoms with E-state index in [2.05, 4.69) is 16.0 Å². The highest BCUT2D eigenvalue weighted by Gasteiger charge is 2.62. The molecule has 0 bridgehead atoms. The normalized spacial score (nSPS) is 27.4. The highest BCUT2D eigenvalue weighted by Crippen LogP contribution is 2.46.